The highest BCUT2D eigenvalue weighted by molar-refractivity contribution is 6.02. The number of alkyl halides is 3. The Bertz CT molecular complexity index is 1380. The maximum atomic E-state index is 12.7. The van der Waals surface area contributed by atoms with Gasteiger partial charge in [-0.1, -0.05) is 63.2 Å². The molecule has 4 rings (SSSR count). The maximum absolute atomic E-state index is 12.7. The highest BCUT2D eigenvalue weighted by atomic mass is 19.4. The van der Waals surface area contributed by atoms with Gasteiger partial charge in [0.15, 0.2) is 5.69 Å². The Morgan fingerprint density at radius 1 is 0.919 bits per heavy atom. The fourth-order valence-electron chi connectivity index (χ4n) is 3.90. The first-order chi connectivity index (χ1) is 17.4. The Balaban J connectivity index is 1.45. The lowest BCUT2D eigenvalue weighted by molar-refractivity contribution is -0.274. The van der Waals surface area contributed by atoms with Gasteiger partial charge in [0, 0.05) is 11.4 Å². The standard InChI is InChI=1S/C29H28F3N3O2/c1-19-16-26(27(36)33-24-12-14-25(15-13-24)37-29(30,31)32)34-35(19)18-20-6-5-7-22(17-20)21-8-10-23(11-9-21)28(2,3)4/h5-17H,18H2,1-4H3,(H,33,36). The summed E-state index contributed by atoms with van der Waals surface area (Å²) in [5.74, 6) is -0.822. The SMILES string of the molecule is Cc1cc(C(=O)Nc2ccc(OC(F)(F)F)cc2)nn1Cc1cccc(-c2ccc(C(C)(C)C)cc2)c1. The number of nitrogens with zero attached hydrogens (tertiary/aromatic N) is 2. The molecule has 0 radical (unpaired) electrons. The number of nitrogens with one attached hydrogen (secondary N) is 1. The van der Waals surface area contributed by atoms with Crippen molar-refractivity contribution in [3.8, 4) is 16.9 Å². The minimum Gasteiger partial charge on any atom is -0.406 e. The van der Waals surface area contributed by atoms with Gasteiger partial charge >= 0.3 is 6.36 Å². The number of hydrogen-bond acceptors (Lipinski definition) is 3. The van der Waals surface area contributed by atoms with Crippen molar-refractivity contribution in [1.29, 1.82) is 0 Å². The average Bonchev–Trinajstić information content (AvgIpc) is 3.19. The second-order valence-electron chi connectivity index (χ2n) is 9.88. The highest BCUT2D eigenvalue weighted by Gasteiger charge is 2.31. The van der Waals surface area contributed by atoms with Crippen LogP contribution in [-0.4, -0.2) is 22.1 Å². The average molecular weight is 508 g/mol. The molecule has 0 saturated carbocycles. The quantitative estimate of drug-likeness (QED) is 0.297. The molecule has 1 heterocycles. The lowest BCUT2D eigenvalue weighted by Crippen LogP contribution is -2.17. The van der Waals surface area contributed by atoms with E-state index in [1.807, 2.05) is 19.1 Å². The molecular formula is C29H28F3N3O2. The van der Waals surface area contributed by atoms with Gasteiger partial charge in [-0.2, -0.15) is 5.10 Å². The third kappa shape index (κ3) is 6.78. The summed E-state index contributed by atoms with van der Waals surface area (Å²) in [6, 6.07) is 23.4. The van der Waals surface area contributed by atoms with Gasteiger partial charge in [-0.05, 0) is 71.0 Å². The summed E-state index contributed by atoms with van der Waals surface area (Å²) in [7, 11) is 0. The number of carbonyl (C=O) groups is 1. The molecule has 192 valence electrons. The van der Waals surface area contributed by atoms with Crippen molar-refractivity contribution in [3.63, 3.8) is 0 Å². The Morgan fingerprint density at radius 3 is 2.22 bits per heavy atom. The monoisotopic (exact) mass is 507 g/mol. The summed E-state index contributed by atoms with van der Waals surface area (Å²) >= 11 is 0. The normalized spacial score (nSPS) is 11.9. The fraction of sp³-hybridized carbons (Fsp3) is 0.241. The van der Waals surface area contributed by atoms with Crippen LogP contribution in [-0.2, 0) is 12.0 Å². The number of aromatic nitrogens is 2. The number of hydrogen-bond donors (Lipinski definition) is 1. The van der Waals surface area contributed by atoms with Gasteiger partial charge in [-0.25, -0.2) is 0 Å². The van der Waals surface area contributed by atoms with E-state index in [2.05, 4.69) is 72.3 Å². The predicted octanol–water partition coefficient (Wildman–Crippen LogP) is 7.36. The van der Waals surface area contributed by atoms with E-state index in [0.29, 0.717) is 12.2 Å². The molecule has 1 N–H and O–H groups in total. The van der Waals surface area contributed by atoms with E-state index < -0.39 is 12.3 Å². The number of benzene rings is 3. The molecule has 0 spiro atoms. The van der Waals surface area contributed by atoms with Crippen LogP contribution in [0.15, 0.2) is 78.9 Å². The second kappa shape index (κ2) is 10.1. The zero-order valence-corrected chi connectivity index (χ0v) is 21.1. The van der Waals surface area contributed by atoms with Crippen LogP contribution in [0.4, 0.5) is 18.9 Å². The first kappa shape index (κ1) is 26.0. The number of aryl methyl sites for hydroxylation is 1. The van der Waals surface area contributed by atoms with E-state index in [1.165, 1.54) is 17.7 Å². The molecule has 3 aromatic carbocycles. The van der Waals surface area contributed by atoms with Gasteiger partial charge in [0.05, 0.1) is 6.54 Å². The number of rotatable bonds is 6. The molecule has 0 fully saturated rings. The van der Waals surface area contributed by atoms with Crippen LogP contribution in [0.25, 0.3) is 11.1 Å². The zero-order valence-electron chi connectivity index (χ0n) is 21.1. The van der Waals surface area contributed by atoms with Crippen LogP contribution >= 0.6 is 0 Å². The van der Waals surface area contributed by atoms with E-state index in [4.69, 9.17) is 0 Å². The Kier molecular flexibility index (Phi) is 7.12. The van der Waals surface area contributed by atoms with Crippen molar-refractivity contribution in [2.75, 3.05) is 5.32 Å². The van der Waals surface area contributed by atoms with Gasteiger partial charge in [-0.3, -0.25) is 9.48 Å². The van der Waals surface area contributed by atoms with Crippen molar-refractivity contribution in [1.82, 2.24) is 9.78 Å². The van der Waals surface area contributed by atoms with Gasteiger partial charge in [0.25, 0.3) is 5.91 Å². The smallest absolute Gasteiger partial charge is 0.406 e. The lowest BCUT2D eigenvalue weighted by Gasteiger charge is -2.19. The first-order valence-electron chi connectivity index (χ1n) is 11.8. The molecule has 1 amide bonds. The second-order valence-corrected chi connectivity index (χ2v) is 9.88. The van der Waals surface area contributed by atoms with Crippen molar-refractivity contribution in [2.45, 2.75) is 46.0 Å². The van der Waals surface area contributed by atoms with Gasteiger partial charge in [-0.15, -0.1) is 13.2 Å². The number of amides is 1. The van der Waals surface area contributed by atoms with Crippen molar-refractivity contribution in [3.05, 3.63) is 101 Å². The first-order valence-corrected chi connectivity index (χ1v) is 11.8. The molecule has 0 aliphatic heterocycles. The molecule has 8 heteroatoms. The summed E-state index contributed by atoms with van der Waals surface area (Å²) in [6.07, 6.45) is -4.77. The van der Waals surface area contributed by atoms with Gasteiger partial charge < -0.3 is 10.1 Å². The molecule has 5 nitrogen and oxygen atoms in total. The maximum Gasteiger partial charge on any atom is 0.573 e. The number of anilines is 1. The molecule has 4 aromatic rings. The van der Waals surface area contributed by atoms with E-state index >= 15 is 0 Å². The molecular weight excluding hydrogens is 479 g/mol. The minimum absolute atomic E-state index is 0.0903. The van der Waals surface area contributed by atoms with Crippen LogP contribution in [0.5, 0.6) is 5.75 Å². The van der Waals surface area contributed by atoms with E-state index in [-0.39, 0.29) is 16.9 Å². The lowest BCUT2D eigenvalue weighted by atomic mass is 9.86. The molecule has 0 saturated heterocycles. The van der Waals surface area contributed by atoms with Crippen LogP contribution < -0.4 is 10.1 Å². The van der Waals surface area contributed by atoms with Crippen molar-refractivity contribution < 1.29 is 22.7 Å². The van der Waals surface area contributed by atoms with Gasteiger partial charge in [0.1, 0.15) is 5.75 Å². The summed E-state index contributed by atoms with van der Waals surface area (Å²) in [5, 5.41) is 7.09. The largest absolute Gasteiger partial charge is 0.573 e. The molecule has 0 unspecified atom stereocenters. The third-order valence-electron chi connectivity index (χ3n) is 5.90. The summed E-state index contributed by atoms with van der Waals surface area (Å²) < 4.78 is 42.6. The third-order valence-corrected chi connectivity index (χ3v) is 5.90. The topological polar surface area (TPSA) is 56.1 Å². The number of carbonyl (C=O) groups excluding carboxylic acids is 1. The number of halogens is 3. The Labute approximate surface area is 213 Å². The summed E-state index contributed by atoms with van der Waals surface area (Å²) in [4.78, 5) is 12.7. The fourth-order valence-corrected chi connectivity index (χ4v) is 3.90. The van der Waals surface area contributed by atoms with Crippen LogP contribution in [0.2, 0.25) is 0 Å². The highest BCUT2D eigenvalue weighted by Crippen LogP contribution is 2.27. The minimum atomic E-state index is -4.77. The molecule has 0 aliphatic rings. The molecule has 0 aliphatic carbocycles. The van der Waals surface area contributed by atoms with Crippen LogP contribution in [0.1, 0.15) is 48.1 Å². The molecule has 0 atom stereocenters. The van der Waals surface area contributed by atoms with Crippen molar-refractivity contribution in [2.24, 2.45) is 0 Å². The number of ether oxygens (including phenoxy) is 1. The van der Waals surface area contributed by atoms with Crippen LogP contribution in [0, 0.1) is 6.92 Å². The summed E-state index contributed by atoms with van der Waals surface area (Å²) in [6.45, 7) is 8.91. The molecule has 37 heavy (non-hydrogen) atoms. The Morgan fingerprint density at radius 2 is 1.59 bits per heavy atom. The van der Waals surface area contributed by atoms with Gasteiger partial charge in [0.2, 0.25) is 0 Å². The van der Waals surface area contributed by atoms with E-state index in [0.717, 1.165) is 34.5 Å². The molecule has 0 bridgehead atoms. The molecule has 1 aromatic heterocycles. The van der Waals surface area contributed by atoms with E-state index in [9.17, 15) is 18.0 Å². The summed E-state index contributed by atoms with van der Waals surface area (Å²) in [5.41, 5.74) is 5.97. The van der Waals surface area contributed by atoms with Crippen LogP contribution in [0.3, 0.4) is 0 Å². The predicted molar refractivity (Wildman–Crippen MR) is 138 cm³/mol. The van der Waals surface area contributed by atoms with E-state index in [1.54, 1.807) is 10.7 Å². The Hall–Kier alpha value is -4.07. The zero-order chi connectivity index (χ0) is 26.8. The van der Waals surface area contributed by atoms with Crippen molar-refractivity contribution >= 4 is 11.6 Å².